The highest BCUT2D eigenvalue weighted by Gasteiger charge is 2.08. The summed E-state index contributed by atoms with van der Waals surface area (Å²) < 4.78 is 5.39. The van der Waals surface area contributed by atoms with Gasteiger partial charge >= 0.3 is 0 Å². The number of hydrogen-bond acceptors (Lipinski definition) is 3. The van der Waals surface area contributed by atoms with Gasteiger partial charge in [0.2, 0.25) is 0 Å². The second-order valence-electron chi connectivity index (χ2n) is 3.76. The third-order valence-corrected chi connectivity index (χ3v) is 2.67. The second kappa shape index (κ2) is 5.46. The Bertz CT molecular complexity index is 497. The average Bonchev–Trinajstić information content (AvgIpc) is 2.40. The van der Waals surface area contributed by atoms with E-state index >= 15 is 0 Å². The van der Waals surface area contributed by atoms with Crippen molar-refractivity contribution in [1.29, 1.82) is 0 Å². The molecule has 0 fully saturated rings. The highest BCUT2D eigenvalue weighted by atomic mass is 16.5. The van der Waals surface area contributed by atoms with Gasteiger partial charge in [0.15, 0.2) is 0 Å². The van der Waals surface area contributed by atoms with Gasteiger partial charge in [-0.2, -0.15) is 0 Å². The number of nitrogens with zero attached hydrogens (tertiary/aromatic N) is 1. The standard InChI is InChI=1S/C14H16N2O/c1-15-9-11-10-16-8-7-12(11)13-5-3-4-6-14(13)17-2/h3-8,10,15H,9H2,1-2H3. The topological polar surface area (TPSA) is 34.2 Å². The fourth-order valence-corrected chi connectivity index (χ4v) is 1.89. The molecule has 0 aliphatic rings. The van der Waals surface area contributed by atoms with E-state index in [0.717, 1.165) is 23.4 Å². The molecule has 1 N–H and O–H groups in total. The summed E-state index contributed by atoms with van der Waals surface area (Å²) in [6.45, 7) is 0.793. The lowest BCUT2D eigenvalue weighted by Crippen LogP contribution is -2.07. The quantitative estimate of drug-likeness (QED) is 0.873. The zero-order valence-corrected chi connectivity index (χ0v) is 10.1. The molecule has 1 heterocycles. The Morgan fingerprint density at radius 1 is 1.18 bits per heavy atom. The molecule has 0 radical (unpaired) electrons. The first-order chi connectivity index (χ1) is 8.36. The fraction of sp³-hybridized carbons (Fsp3) is 0.214. The molecular weight excluding hydrogens is 212 g/mol. The van der Waals surface area contributed by atoms with Gasteiger partial charge in [0.1, 0.15) is 5.75 Å². The summed E-state index contributed by atoms with van der Waals surface area (Å²) in [7, 11) is 3.62. The van der Waals surface area contributed by atoms with Crippen LogP contribution in [-0.2, 0) is 6.54 Å². The van der Waals surface area contributed by atoms with Gasteiger partial charge in [0.05, 0.1) is 7.11 Å². The monoisotopic (exact) mass is 228 g/mol. The Hall–Kier alpha value is -1.87. The molecule has 0 bridgehead atoms. The molecule has 3 heteroatoms. The number of nitrogens with one attached hydrogen (secondary N) is 1. The van der Waals surface area contributed by atoms with Crippen molar-refractivity contribution in [2.45, 2.75) is 6.54 Å². The van der Waals surface area contributed by atoms with Gasteiger partial charge < -0.3 is 10.1 Å². The third-order valence-electron chi connectivity index (χ3n) is 2.67. The predicted molar refractivity (Wildman–Crippen MR) is 69.0 cm³/mol. The van der Waals surface area contributed by atoms with Gasteiger partial charge in [-0.05, 0) is 30.3 Å². The van der Waals surface area contributed by atoms with Crippen LogP contribution in [0.4, 0.5) is 0 Å². The molecule has 1 aromatic carbocycles. The number of rotatable bonds is 4. The van der Waals surface area contributed by atoms with E-state index in [9.17, 15) is 0 Å². The molecule has 0 amide bonds. The zero-order chi connectivity index (χ0) is 12.1. The smallest absolute Gasteiger partial charge is 0.126 e. The van der Waals surface area contributed by atoms with Crippen LogP contribution in [0.3, 0.4) is 0 Å². The molecule has 88 valence electrons. The lowest BCUT2D eigenvalue weighted by Gasteiger charge is -2.12. The van der Waals surface area contributed by atoms with Crippen molar-refractivity contribution in [2.24, 2.45) is 0 Å². The minimum Gasteiger partial charge on any atom is -0.496 e. The van der Waals surface area contributed by atoms with Crippen molar-refractivity contribution in [3.05, 3.63) is 48.3 Å². The summed E-state index contributed by atoms with van der Waals surface area (Å²) in [5, 5.41) is 3.15. The van der Waals surface area contributed by atoms with Gasteiger partial charge in [-0.15, -0.1) is 0 Å². The maximum Gasteiger partial charge on any atom is 0.126 e. The first-order valence-corrected chi connectivity index (χ1v) is 5.57. The molecule has 0 atom stereocenters. The summed E-state index contributed by atoms with van der Waals surface area (Å²) in [5.74, 6) is 0.885. The number of para-hydroxylation sites is 1. The van der Waals surface area contributed by atoms with Crippen LogP contribution < -0.4 is 10.1 Å². The highest BCUT2D eigenvalue weighted by molar-refractivity contribution is 5.72. The minimum atomic E-state index is 0.793. The average molecular weight is 228 g/mol. The van der Waals surface area contributed by atoms with Crippen LogP contribution in [0.15, 0.2) is 42.7 Å². The van der Waals surface area contributed by atoms with Crippen molar-refractivity contribution >= 4 is 0 Å². The van der Waals surface area contributed by atoms with Crippen molar-refractivity contribution in [1.82, 2.24) is 10.3 Å². The number of aromatic nitrogens is 1. The van der Waals surface area contributed by atoms with Crippen LogP contribution in [0.2, 0.25) is 0 Å². The molecule has 0 aliphatic heterocycles. The van der Waals surface area contributed by atoms with E-state index in [4.69, 9.17) is 4.74 Å². The van der Waals surface area contributed by atoms with E-state index in [2.05, 4.69) is 16.4 Å². The molecule has 0 aliphatic carbocycles. The van der Waals surface area contributed by atoms with Crippen LogP contribution in [0, 0.1) is 0 Å². The van der Waals surface area contributed by atoms with Gasteiger partial charge in [0.25, 0.3) is 0 Å². The normalized spacial score (nSPS) is 10.2. The molecule has 0 unspecified atom stereocenters. The van der Waals surface area contributed by atoms with Gasteiger partial charge in [0, 0.05) is 24.5 Å². The molecule has 17 heavy (non-hydrogen) atoms. The Morgan fingerprint density at radius 2 is 2.00 bits per heavy atom. The summed E-state index contributed by atoms with van der Waals surface area (Å²) >= 11 is 0. The lowest BCUT2D eigenvalue weighted by molar-refractivity contribution is 0.416. The molecular formula is C14H16N2O. The molecule has 2 aromatic rings. The Balaban J connectivity index is 2.52. The van der Waals surface area contributed by atoms with E-state index in [1.807, 2.05) is 37.5 Å². The van der Waals surface area contributed by atoms with Gasteiger partial charge in [-0.1, -0.05) is 18.2 Å². The zero-order valence-electron chi connectivity index (χ0n) is 10.1. The van der Waals surface area contributed by atoms with Crippen molar-refractivity contribution in [3.63, 3.8) is 0 Å². The first-order valence-electron chi connectivity index (χ1n) is 5.57. The second-order valence-corrected chi connectivity index (χ2v) is 3.76. The van der Waals surface area contributed by atoms with Gasteiger partial charge in [-0.25, -0.2) is 0 Å². The maximum absolute atomic E-state index is 5.39. The van der Waals surface area contributed by atoms with Crippen LogP contribution >= 0.6 is 0 Å². The number of ether oxygens (including phenoxy) is 1. The summed E-state index contributed by atoms with van der Waals surface area (Å²) in [6, 6.07) is 10.0. The van der Waals surface area contributed by atoms with E-state index in [-0.39, 0.29) is 0 Å². The number of benzene rings is 1. The molecule has 0 spiro atoms. The van der Waals surface area contributed by atoms with E-state index < -0.39 is 0 Å². The van der Waals surface area contributed by atoms with Crippen molar-refractivity contribution in [3.8, 4) is 16.9 Å². The van der Waals surface area contributed by atoms with E-state index in [1.54, 1.807) is 13.3 Å². The Morgan fingerprint density at radius 3 is 2.76 bits per heavy atom. The minimum absolute atomic E-state index is 0.793. The fourth-order valence-electron chi connectivity index (χ4n) is 1.89. The van der Waals surface area contributed by atoms with Crippen LogP contribution in [0.25, 0.3) is 11.1 Å². The summed E-state index contributed by atoms with van der Waals surface area (Å²) in [5.41, 5.74) is 3.42. The highest BCUT2D eigenvalue weighted by Crippen LogP contribution is 2.31. The summed E-state index contributed by atoms with van der Waals surface area (Å²) in [6.07, 6.45) is 3.69. The number of pyridine rings is 1. The van der Waals surface area contributed by atoms with Crippen molar-refractivity contribution in [2.75, 3.05) is 14.2 Å². The molecule has 0 saturated carbocycles. The van der Waals surface area contributed by atoms with Gasteiger partial charge in [-0.3, -0.25) is 4.98 Å². The molecule has 3 nitrogen and oxygen atoms in total. The molecule has 0 saturated heterocycles. The van der Waals surface area contributed by atoms with Crippen LogP contribution in [0.5, 0.6) is 5.75 Å². The van der Waals surface area contributed by atoms with Crippen LogP contribution in [-0.4, -0.2) is 19.1 Å². The molecule has 1 aromatic heterocycles. The largest absolute Gasteiger partial charge is 0.496 e. The summed E-state index contributed by atoms with van der Waals surface area (Å²) in [4.78, 5) is 4.16. The Kier molecular flexibility index (Phi) is 3.73. The lowest BCUT2D eigenvalue weighted by atomic mass is 10.0. The van der Waals surface area contributed by atoms with E-state index in [1.165, 1.54) is 5.56 Å². The predicted octanol–water partition coefficient (Wildman–Crippen LogP) is 2.48. The van der Waals surface area contributed by atoms with Crippen molar-refractivity contribution < 1.29 is 4.74 Å². The number of methoxy groups -OCH3 is 1. The van der Waals surface area contributed by atoms with Crippen LogP contribution in [0.1, 0.15) is 5.56 Å². The Labute approximate surface area is 101 Å². The molecule has 2 rings (SSSR count). The maximum atomic E-state index is 5.39. The first kappa shape index (κ1) is 11.6. The number of hydrogen-bond donors (Lipinski definition) is 1. The van der Waals surface area contributed by atoms with E-state index in [0.29, 0.717) is 0 Å². The SMILES string of the molecule is CNCc1cnccc1-c1ccccc1OC. The third kappa shape index (κ3) is 2.45.